The van der Waals surface area contributed by atoms with Gasteiger partial charge in [0.1, 0.15) is 0 Å². The third-order valence-electron chi connectivity index (χ3n) is 5.40. The Bertz CT molecular complexity index is 345. The summed E-state index contributed by atoms with van der Waals surface area (Å²) in [6.45, 7) is 4.74. The number of nitrogens with zero attached hydrogens (tertiary/aromatic N) is 1. The van der Waals surface area contributed by atoms with E-state index in [9.17, 15) is 4.79 Å². The van der Waals surface area contributed by atoms with Crippen LogP contribution in [-0.2, 0) is 9.53 Å². The van der Waals surface area contributed by atoms with E-state index in [0.717, 1.165) is 39.0 Å². The first-order valence-corrected chi connectivity index (χ1v) is 8.45. The zero-order chi connectivity index (χ0) is 13.9. The van der Waals surface area contributed by atoms with E-state index in [0.29, 0.717) is 24.0 Å². The summed E-state index contributed by atoms with van der Waals surface area (Å²) < 4.78 is 5.88. The van der Waals surface area contributed by atoms with E-state index in [1.54, 1.807) is 0 Å². The highest BCUT2D eigenvalue weighted by Gasteiger charge is 2.39. The first kappa shape index (κ1) is 14.3. The standard InChI is InChI=1S/C16H28N2O2/c1-2-12-7-8-17-13(11-12)16(19)18-9-10-20-15-6-4-3-5-14(15)18/h12-15,17H,2-11H2,1H3. The molecule has 4 atom stereocenters. The molecule has 1 N–H and O–H groups in total. The molecule has 2 saturated heterocycles. The van der Waals surface area contributed by atoms with Gasteiger partial charge in [0.2, 0.25) is 5.91 Å². The first-order valence-electron chi connectivity index (χ1n) is 8.45. The zero-order valence-corrected chi connectivity index (χ0v) is 12.6. The SMILES string of the molecule is CCC1CCNC(C(=O)N2CCOC3CCCCC32)C1. The smallest absolute Gasteiger partial charge is 0.240 e. The van der Waals surface area contributed by atoms with Gasteiger partial charge in [0.15, 0.2) is 0 Å². The van der Waals surface area contributed by atoms with Crippen molar-refractivity contribution in [3.05, 3.63) is 0 Å². The second-order valence-corrected chi connectivity index (χ2v) is 6.60. The highest BCUT2D eigenvalue weighted by molar-refractivity contribution is 5.82. The second-order valence-electron chi connectivity index (χ2n) is 6.60. The van der Waals surface area contributed by atoms with E-state index in [1.165, 1.54) is 25.7 Å². The Hall–Kier alpha value is -0.610. The van der Waals surface area contributed by atoms with Gasteiger partial charge in [0.05, 0.1) is 24.8 Å². The minimum Gasteiger partial charge on any atom is -0.374 e. The summed E-state index contributed by atoms with van der Waals surface area (Å²) in [5.41, 5.74) is 0. The molecule has 3 fully saturated rings. The monoisotopic (exact) mass is 280 g/mol. The molecule has 2 heterocycles. The van der Waals surface area contributed by atoms with E-state index in [1.807, 2.05) is 0 Å². The topological polar surface area (TPSA) is 41.6 Å². The molecular formula is C16H28N2O2. The summed E-state index contributed by atoms with van der Waals surface area (Å²) in [4.78, 5) is 15.0. The highest BCUT2D eigenvalue weighted by atomic mass is 16.5. The molecule has 0 radical (unpaired) electrons. The Kier molecular flexibility index (Phi) is 4.61. The maximum atomic E-state index is 12.9. The van der Waals surface area contributed by atoms with Gasteiger partial charge < -0.3 is 15.0 Å². The largest absolute Gasteiger partial charge is 0.374 e. The Morgan fingerprint density at radius 2 is 2.15 bits per heavy atom. The van der Waals surface area contributed by atoms with Gasteiger partial charge in [-0.15, -0.1) is 0 Å². The van der Waals surface area contributed by atoms with Crippen LogP contribution in [0.1, 0.15) is 51.9 Å². The lowest BCUT2D eigenvalue weighted by Gasteiger charge is -2.45. The van der Waals surface area contributed by atoms with Gasteiger partial charge in [0, 0.05) is 6.54 Å². The number of rotatable bonds is 2. The third-order valence-corrected chi connectivity index (χ3v) is 5.40. The fourth-order valence-electron chi connectivity index (χ4n) is 4.13. The van der Waals surface area contributed by atoms with Crippen molar-refractivity contribution in [2.24, 2.45) is 5.92 Å². The molecule has 3 aliphatic rings. The Morgan fingerprint density at radius 3 is 3.00 bits per heavy atom. The van der Waals surface area contributed by atoms with Gasteiger partial charge in [-0.2, -0.15) is 0 Å². The molecule has 1 aliphatic carbocycles. The summed E-state index contributed by atoms with van der Waals surface area (Å²) in [5.74, 6) is 1.05. The van der Waals surface area contributed by atoms with E-state index in [4.69, 9.17) is 4.74 Å². The third kappa shape index (κ3) is 2.86. The minimum atomic E-state index is 0.0503. The number of piperidine rings is 1. The molecule has 0 aromatic heterocycles. The van der Waals surface area contributed by atoms with Crippen molar-refractivity contribution >= 4 is 5.91 Å². The van der Waals surface area contributed by atoms with Gasteiger partial charge >= 0.3 is 0 Å². The fraction of sp³-hybridized carbons (Fsp3) is 0.938. The van der Waals surface area contributed by atoms with Crippen LogP contribution in [0.25, 0.3) is 0 Å². The number of fused-ring (bicyclic) bond motifs is 1. The Balaban J connectivity index is 1.65. The van der Waals surface area contributed by atoms with E-state index >= 15 is 0 Å². The molecule has 4 nitrogen and oxygen atoms in total. The Morgan fingerprint density at radius 1 is 1.30 bits per heavy atom. The normalized spacial score (nSPS) is 38.4. The first-order chi connectivity index (χ1) is 9.79. The summed E-state index contributed by atoms with van der Waals surface area (Å²) in [7, 11) is 0. The summed E-state index contributed by atoms with van der Waals surface area (Å²) in [5, 5.41) is 3.44. The van der Waals surface area contributed by atoms with Crippen LogP contribution in [0, 0.1) is 5.92 Å². The maximum Gasteiger partial charge on any atom is 0.240 e. The molecule has 3 rings (SSSR count). The van der Waals surface area contributed by atoms with Crippen molar-refractivity contribution < 1.29 is 9.53 Å². The van der Waals surface area contributed by atoms with Crippen LogP contribution in [0.2, 0.25) is 0 Å². The van der Waals surface area contributed by atoms with Gasteiger partial charge in [-0.1, -0.05) is 26.2 Å². The lowest BCUT2D eigenvalue weighted by atomic mass is 9.87. The predicted octanol–water partition coefficient (Wildman–Crippen LogP) is 1.93. The highest BCUT2D eigenvalue weighted by Crippen LogP contribution is 2.30. The average Bonchev–Trinajstić information content (AvgIpc) is 2.53. The molecule has 1 saturated carbocycles. The van der Waals surface area contributed by atoms with E-state index in [2.05, 4.69) is 17.1 Å². The van der Waals surface area contributed by atoms with Crippen molar-refractivity contribution in [1.29, 1.82) is 0 Å². The lowest BCUT2D eigenvalue weighted by Crippen LogP contribution is -2.60. The molecule has 114 valence electrons. The van der Waals surface area contributed by atoms with Crippen LogP contribution in [0.5, 0.6) is 0 Å². The number of hydrogen-bond donors (Lipinski definition) is 1. The molecule has 0 aromatic carbocycles. The Labute approximate surface area is 122 Å². The van der Waals surface area contributed by atoms with Gasteiger partial charge in [-0.05, 0) is 38.1 Å². The predicted molar refractivity (Wildman–Crippen MR) is 78.5 cm³/mol. The van der Waals surface area contributed by atoms with Gasteiger partial charge in [-0.25, -0.2) is 0 Å². The maximum absolute atomic E-state index is 12.9. The van der Waals surface area contributed by atoms with Crippen molar-refractivity contribution in [2.75, 3.05) is 19.7 Å². The quantitative estimate of drug-likeness (QED) is 0.840. The van der Waals surface area contributed by atoms with Crippen molar-refractivity contribution in [3.63, 3.8) is 0 Å². The number of carbonyl (C=O) groups excluding carboxylic acids is 1. The summed E-state index contributed by atoms with van der Waals surface area (Å²) in [6.07, 6.45) is 8.48. The molecule has 20 heavy (non-hydrogen) atoms. The fourth-order valence-corrected chi connectivity index (χ4v) is 4.13. The molecule has 1 amide bonds. The summed E-state index contributed by atoms with van der Waals surface area (Å²) >= 11 is 0. The van der Waals surface area contributed by atoms with Crippen molar-refractivity contribution in [1.82, 2.24) is 10.2 Å². The van der Waals surface area contributed by atoms with Crippen molar-refractivity contribution in [3.8, 4) is 0 Å². The number of amides is 1. The van der Waals surface area contributed by atoms with Gasteiger partial charge in [0.25, 0.3) is 0 Å². The lowest BCUT2D eigenvalue weighted by molar-refractivity contribution is -0.152. The number of carbonyl (C=O) groups is 1. The van der Waals surface area contributed by atoms with Crippen molar-refractivity contribution in [2.45, 2.75) is 70.1 Å². The molecular weight excluding hydrogens is 252 g/mol. The second kappa shape index (κ2) is 6.44. The van der Waals surface area contributed by atoms with E-state index in [-0.39, 0.29) is 6.04 Å². The van der Waals surface area contributed by atoms with Gasteiger partial charge in [-0.3, -0.25) is 4.79 Å². The number of hydrogen-bond acceptors (Lipinski definition) is 3. The number of morpholine rings is 1. The molecule has 0 spiro atoms. The summed E-state index contributed by atoms with van der Waals surface area (Å²) in [6, 6.07) is 0.392. The van der Waals surface area contributed by atoms with Crippen LogP contribution in [0.15, 0.2) is 0 Å². The number of nitrogens with one attached hydrogen (secondary N) is 1. The van der Waals surface area contributed by atoms with Crippen LogP contribution < -0.4 is 5.32 Å². The number of ether oxygens (including phenoxy) is 1. The molecule has 0 bridgehead atoms. The molecule has 4 heteroatoms. The van der Waals surface area contributed by atoms with Crippen LogP contribution in [-0.4, -0.2) is 48.7 Å². The van der Waals surface area contributed by atoms with E-state index < -0.39 is 0 Å². The average molecular weight is 280 g/mol. The molecule has 4 unspecified atom stereocenters. The van der Waals surface area contributed by atoms with Crippen LogP contribution in [0.4, 0.5) is 0 Å². The molecule has 2 aliphatic heterocycles. The van der Waals surface area contributed by atoms with Crippen LogP contribution >= 0.6 is 0 Å². The zero-order valence-electron chi connectivity index (χ0n) is 12.6. The van der Waals surface area contributed by atoms with Crippen LogP contribution in [0.3, 0.4) is 0 Å². The minimum absolute atomic E-state index is 0.0503. The molecule has 0 aromatic rings.